The highest BCUT2D eigenvalue weighted by Gasteiger charge is 2.15. The maximum atomic E-state index is 9.27. The SMILES string of the molecule is NCCc1ccc2c(c1)OCC(O)N2. The minimum atomic E-state index is -0.608. The lowest BCUT2D eigenvalue weighted by Crippen LogP contribution is -2.30. The van der Waals surface area contributed by atoms with Gasteiger partial charge in [0, 0.05) is 0 Å². The van der Waals surface area contributed by atoms with Crippen molar-refractivity contribution in [2.45, 2.75) is 12.6 Å². The molecule has 0 saturated carbocycles. The van der Waals surface area contributed by atoms with E-state index in [4.69, 9.17) is 10.5 Å². The summed E-state index contributed by atoms with van der Waals surface area (Å²) in [5, 5.41) is 12.2. The second-order valence-corrected chi connectivity index (χ2v) is 3.34. The van der Waals surface area contributed by atoms with E-state index in [1.165, 1.54) is 0 Å². The average molecular weight is 194 g/mol. The summed E-state index contributed by atoms with van der Waals surface area (Å²) < 4.78 is 5.37. The van der Waals surface area contributed by atoms with Crippen LogP contribution in [0, 0.1) is 0 Å². The number of hydrogen-bond donors (Lipinski definition) is 3. The summed E-state index contributed by atoms with van der Waals surface area (Å²) in [6.07, 6.45) is 0.238. The van der Waals surface area contributed by atoms with E-state index in [9.17, 15) is 5.11 Å². The Bertz CT molecular complexity index is 328. The molecule has 4 N–H and O–H groups in total. The first-order valence-corrected chi connectivity index (χ1v) is 4.70. The number of hydrogen-bond acceptors (Lipinski definition) is 4. The van der Waals surface area contributed by atoms with E-state index >= 15 is 0 Å². The summed E-state index contributed by atoms with van der Waals surface area (Å²) in [7, 11) is 0. The lowest BCUT2D eigenvalue weighted by molar-refractivity contribution is 0.119. The molecule has 0 aromatic heterocycles. The highest BCUT2D eigenvalue weighted by molar-refractivity contribution is 5.59. The molecule has 1 unspecified atom stereocenters. The molecule has 1 aliphatic rings. The summed E-state index contributed by atoms with van der Waals surface area (Å²) in [5.41, 5.74) is 7.46. The number of aliphatic hydroxyl groups excluding tert-OH is 1. The van der Waals surface area contributed by atoms with E-state index in [1.54, 1.807) is 0 Å². The van der Waals surface area contributed by atoms with Gasteiger partial charge in [0.15, 0.2) is 6.23 Å². The molecule has 76 valence electrons. The van der Waals surface area contributed by atoms with E-state index in [0.29, 0.717) is 13.2 Å². The predicted octanol–water partition coefficient (Wildman–Crippen LogP) is 0.310. The fourth-order valence-electron chi connectivity index (χ4n) is 1.52. The number of fused-ring (bicyclic) bond motifs is 1. The van der Waals surface area contributed by atoms with Gasteiger partial charge in [-0.3, -0.25) is 0 Å². The van der Waals surface area contributed by atoms with Crippen molar-refractivity contribution in [3.8, 4) is 5.75 Å². The van der Waals surface area contributed by atoms with Gasteiger partial charge in [-0.15, -0.1) is 0 Å². The number of rotatable bonds is 2. The van der Waals surface area contributed by atoms with Crippen molar-refractivity contribution in [3.63, 3.8) is 0 Å². The maximum Gasteiger partial charge on any atom is 0.159 e. The van der Waals surface area contributed by atoms with Gasteiger partial charge in [-0.2, -0.15) is 0 Å². The summed E-state index contributed by atoms with van der Waals surface area (Å²) in [4.78, 5) is 0. The molecule has 0 saturated heterocycles. The second kappa shape index (κ2) is 3.86. The second-order valence-electron chi connectivity index (χ2n) is 3.34. The molecule has 4 nitrogen and oxygen atoms in total. The number of aliphatic hydroxyl groups is 1. The summed E-state index contributed by atoms with van der Waals surface area (Å²) in [6.45, 7) is 0.925. The molecule has 0 bridgehead atoms. The molecule has 0 fully saturated rings. The average Bonchev–Trinajstić information content (AvgIpc) is 2.19. The van der Waals surface area contributed by atoms with E-state index in [1.807, 2.05) is 18.2 Å². The first-order valence-electron chi connectivity index (χ1n) is 4.70. The van der Waals surface area contributed by atoms with Crippen molar-refractivity contribution in [2.24, 2.45) is 5.73 Å². The standard InChI is InChI=1S/C10H14N2O2/c11-4-3-7-1-2-8-9(5-7)14-6-10(13)12-8/h1-2,5,10,12-13H,3-4,6,11H2. The smallest absolute Gasteiger partial charge is 0.159 e. The van der Waals surface area contributed by atoms with Crippen LogP contribution < -0.4 is 15.8 Å². The van der Waals surface area contributed by atoms with Crippen LogP contribution in [0.2, 0.25) is 0 Å². The van der Waals surface area contributed by atoms with E-state index < -0.39 is 6.23 Å². The fraction of sp³-hybridized carbons (Fsp3) is 0.400. The van der Waals surface area contributed by atoms with Crippen molar-refractivity contribution >= 4 is 5.69 Å². The van der Waals surface area contributed by atoms with Crippen LogP contribution in [0.15, 0.2) is 18.2 Å². The van der Waals surface area contributed by atoms with Gasteiger partial charge in [0.25, 0.3) is 0 Å². The van der Waals surface area contributed by atoms with Crippen LogP contribution in [0.25, 0.3) is 0 Å². The quantitative estimate of drug-likeness (QED) is 0.634. The minimum absolute atomic E-state index is 0.291. The topological polar surface area (TPSA) is 67.5 Å². The Labute approximate surface area is 82.7 Å². The summed E-state index contributed by atoms with van der Waals surface area (Å²) >= 11 is 0. The first kappa shape index (κ1) is 9.30. The molecule has 0 spiro atoms. The van der Waals surface area contributed by atoms with Crippen LogP contribution in [0.3, 0.4) is 0 Å². The molecule has 0 amide bonds. The van der Waals surface area contributed by atoms with Crippen LogP contribution in [0.4, 0.5) is 5.69 Å². The van der Waals surface area contributed by atoms with Crippen molar-refractivity contribution in [1.29, 1.82) is 0 Å². The molecule has 1 atom stereocenters. The zero-order valence-corrected chi connectivity index (χ0v) is 7.86. The van der Waals surface area contributed by atoms with Crippen LogP contribution in [0.5, 0.6) is 5.75 Å². The number of nitrogens with two attached hydrogens (primary N) is 1. The fourth-order valence-corrected chi connectivity index (χ4v) is 1.52. The Morgan fingerprint density at radius 2 is 2.43 bits per heavy atom. The Morgan fingerprint density at radius 1 is 1.57 bits per heavy atom. The molecule has 1 aromatic carbocycles. The summed E-state index contributed by atoms with van der Waals surface area (Å²) in [6, 6.07) is 5.85. The van der Waals surface area contributed by atoms with Gasteiger partial charge in [0.05, 0.1) is 5.69 Å². The molecular weight excluding hydrogens is 180 g/mol. The normalized spacial score (nSPS) is 19.4. The van der Waals surface area contributed by atoms with Gasteiger partial charge in [-0.25, -0.2) is 0 Å². The van der Waals surface area contributed by atoms with Gasteiger partial charge in [-0.05, 0) is 30.7 Å². The maximum absolute atomic E-state index is 9.27. The van der Waals surface area contributed by atoms with E-state index in [2.05, 4.69) is 5.32 Å². The third-order valence-corrected chi connectivity index (χ3v) is 2.20. The first-order chi connectivity index (χ1) is 6.79. The number of anilines is 1. The van der Waals surface area contributed by atoms with Crippen LogP contribution in [0.1, 0.15) is 5.56 Å². The minimum Gasteiger partial charge on any atom is -0.487 e. The van der Waals surface area contributed by atoms with Gasteiger partial charge >= 0.3 is 0 Å². The Kier molecular flexibility index (Phi) is 2.56. The zero-order chi connectivity index (χ0) is 9.97. The van der Waals surface area contributed by atoms with Crippen molar-refractivity contribution in [2.75, 3.05) is 18.5 Å². The number of nitrogens with one attached hydrogen (secondary N) is 1. The molecular formula is C10H14N2O2. The monoisotopic (exact) mass is 194 g/mol. The molecule has 0 aliphatic carbocycles. The molecule has 4 heteroatoms. The number of ether oxygens (including phenoxy) is 1. The third-order valence-electron chi connectivity index (χ3n) is 2.20. The van der Waals surface area contributed by atoms with Gasteiger partial charge in [0.2, 0.25) is 0 Å². The molecule has 1 aromatic rings. The Hall–Kier alpha value is -1.26. The molecule has 0 radical (unpaired) electrons. The van der Waals surface area contributed by atoms with Gasteiger partial charge < -0.3 is 20.9 Å². The van der Waals surface area contributed by atoms with Crippen LogP contribution in [-0.2, 0) is 6.42 Å². The van der Waals surface area contributed by atoms with Gasteiger partial charge in [0.1, 0.15) is 12.4 Å². The number of benzene rings is 1. The highest BCUT2D eigenvalue weighted by atomic mass is 16.5. The van der Waals surface area contributed by atoms with Gasteiger partial charge in [-0.1, -0.05) is 6.07 Å². The molecule has 1 aliphatic heterocycles. The largest absolute Gasteiger partial charge is 0.487 e. The van der Waals surface area contributed by atoms with Crippen molar-refractivity contribution < 1.29 is 9.84 Å². The van der Waals surface area contributed by atoms with Crippen molar-refractivity contribution in [1.82, 2.24) is 0 Å². The Morgan fingerprint density at radius 3 is 3.21 bits per heavy atom. The van der Waals surface area contributed by atoms with E-state index in [0.717, 1.165) is 23.4 Å². The highest BCUT2D eigenvalue weighted by Crippen LogP contribution is 2.29. The van der Waals surface area contributed by atoms with Crippen molar-refractivity contribution in [3.05, 3.63) is 23.8 Å². The molecule has 2 rings (SSSR count). The molecule has 14 heavy (non-hydrogen) atoms. The lowest BCUT2D eigenvalue weighted by atomic mass is 10.1. The van der Waals surface area contributed by atoms with Crippen LogP contribution >= 0.6 is 0 Å². The zero-order valence-electron chi connectivity index (χ0n) is 7.86. The lowest BCUT2D eigenvalue weighted by Gasteiger charge is -2.24. The summed E-state index contributed by atoms with van der Waals surface area (Å²) in [5.74, 6) is 0.793. The van der Waals surface area contributed by atoms with E-state index in [-0.39, 0.29) is 0 Å². The van der Waals surface area contributed by atoms with Crippen LogP contribution in [-0.4, -0.2) is 24.5 Å². The predicted molar refractivity (Wildman–Crippen MR) is 54.3 cm³/mol. The Balaban J connectivity index is 2.22. The molecule has 1 heterocycles. The third kappa shape index (κ3) is 1.81.